The Morgan fingerprint density at radius 3 is 2.80 bits per heavy atom. The second kappa shape index (κ2) is 6.04. The molecular formula is C19H19N3O2S. The molecule has 0 fully saturated rings. The Labute approximate surface area is 149 Å². The molecule has 6 heteroatoms. The van der Waals surface area contributed by atoms with Crippen LogP contribution in [-0.2, 0) is 9.53 Å². The number of anilines is 1. The Morgan fingerprint density at radius 1 is 1.28 bits per heavy atom. The Bertz CT molecular complexity index is 970. The molecule has 1 aromatic carbocycles. The van der Waals surface area contributed by atoms with Crippen molar-refractivity contribution in [2.45, 2.75) is 32.9 Å². The number of imidazole rings is 1. The molecule has 1 aliphatic heterocycles. The van der Waals surface area contributed by atoms with E-state index in [1.54, 1.807) is 11.3 Å². The number of carbonyl (C=O) groups excluding carboxylic acids is 1. The van der Waals surface area contributed by atoms with Crippen LogP contribution in [0.15, 0.2) is 53.0 Å². The molecule has 1 aliphatic rings. The standard InChI is InChI=1S/C19H19N3O2S/c1-11(2)24-18(23)16-12(3)20-19-21-13-7-4-5-8-14(13)22(19)17(16)15-9-6-10-25-15/h4-11,17H,1-3H3,(H,20,21). The highest BCUT2D eigenvalue weighted by molar-refractivity contribution is 7.10. The molecule has 1 N–H and O–H groups in total. The number of hydrogen-bond donors (Lipinski definition) is 1. The lowest BCUT2D eigenvalue weighted by atomic mass is 10.0. The first-order valence-electron chi connectivity index (χ1n) is 8.25. The van der Waals surface area contributed by atoms with Crippen molar-refractivity contribution in [1.82, 2.24) is 9.55 Å². The summed E-state index contributed by atoms with van der Waals surface area (Å²) in [5.41, 5.74) is 3.31. The van der Waals surface area contributed by atoms with Crippen molar-refractivity contribution in [3.05, 3.63) is 57.9 Å². The van der Waals surface area contributed by atoms with Crippen LogP contribution in [0.3, 0.4) is 0 Å². The van der Waals surface area contributed by atoms with Crippen LogP contribution in [0.25, 0.3) is 11.0 Å². The first-order chi connectivity index (χ1) is 12.1. The van der Waals surface area contributed by atoms with Crippen LogP contribution >= 0.6 is 11.3 Å². The van der Waals surface area contributed by atoms with Gasteiger partial charge in [-0.05, 0) is 44.4 Å². The molecule has 5 nitrogen and oxygen atoms in total. The summed E-state index contributed by atoms with van der Waals surface area (Å²) in [6.07, 6.45) is -0.169. The number of rotatable bonds is 3. The van der Waals surface area contributed by atoms with Crippen LogP contribution in [0.4, 0.5) is 5.95 Å². The van der Waals surface area contributed by atoms with Crippen LogP contribution in [0.2, 0.25) is 0 Å². The molecule has 1 atom stereocenters. The van der Waals surface area contributed by atoms with Gasteiger partial charge in [-0.3, -0.25) is 4.57 Å². The van der Waals surface area contributed by atoms with Crippen molar-refractivity contribution in [1.29, 1.82) is 0 Å². The predicted octanol–water partition coefficient (Wildman–Crippen LogP) is 4.34. The Morgan fingerprint density at radius 2 is 2.08 bits per heavy atom. The molecule has 2 aromatic heterocycles. The number of nitrogens with one attached hydrogen (secondary N) is 1. The van der Waals surface area contributed by atoms with Crippen molar-refractivity contribution in [3.63, 3.8) is 0 Å². The number of para-hydroxylation sites is 2. The second-order valence-corrected chi connectivity index (χ2v) is 7.31. The summed E-state index contributed by atoms with van der Waals surface area (Å²) < 4.78 is 7.61. The minimum atomic E-state index is -0.290. The van der Waals surface area contributed by atoms with E-state index < -0.39 is 0 Å². The molecule has 1 unspecified atom stereocenters. The fraction of sp³-hybridized carbons (Fsp3) is 0.263. The first-order valence-corrected chi connectivity index (χ1v) is 9.13. The maximum atomic E-state index is 12.8. The number of ether oxygens (including phenoxy) is 1. The summed E-state index contributed by atoms with van der Waals surface area (Å²) in [6, 6.07) is 11.8. The third kappa shape index (κ3) is 2.62. The first kappa shape index (κ1) is 15.9. The van der Waals surface area contributed by atoms with Crippen LogP contribution < -0.4 is 5.32 Å². The maximum absolute atomic E-state index is 12.8. The van der Waals surface area contributed by atoms with Gasteiger partial charge in [0.25, 0.3) is 0 Å². The van der Waals surface area contributed by atoms with Gasteiger partial charge in [0.1, 0.15) is 6.04 Å². The number of benzene rings is 1. The number of esters is 1. The van der Waals surface area contributed by atoms with Crippen LogP contribution in [0.5, 0.6) is 0 Å². The van der Waals surface area contributed by atoms with Gasteiger partial charge in [-0.25, -0.2) is 9.78 Å². The number of aromatic nitrogens is 2. The molecule has 0 radical (unpaired) electrons. The number of thiophene rings is 1. The highest BCUT2D eigenvalue weighted by Crippen LogP contribution is 2.40. The fourth-order valence-corrected chi connectivity index (χ4v) is 4.05. The zero-order valence-corrected chi connectivity index (χ0v) is 15.1. The van der Waals surface area contributed by atoms with Crippen molar-refractivity contribution >= 4 is 34.3 Å². The van der Waals surface area contributed by atoms with Gasteiger partial charge in [-0.1, -0.05) is 18.2 Å². The van der Waals surface area contributed by atoms with Crippen LogP contribution in [0.1, 0.15) is 31.7 Å². The van der Waals surface area contributed by atoms with Crippen molar-refractivity contribution in [2.75, 3.05) is 5.32 Å². The smallest absolute Gasteiger partial charge is 0.338 e. The summed E-state index contributed by atoms with van der Waals surface area (Å²) in [4.78, 5) is 18.6. The van der Waals surface area contributed by atoms with E-state index in [1.165, 1.54) is 0 Å². The monoisotopic (exact) mass is 353 g/mol. The molecular weight excluding hydrogens is 334 g/mol. The predicted molar refractivity (Wildman–Crippen MR) is 99.7 cm³/mol. The number of nitrogens with zero attached hydrogens (tertiary/aromatic N) is 2. The Balaban J connectivity index is 1.94. The largest absolute Gasteiger partial charge is 0.459 e. The fourth-order valence-electron chi connectivity index (χ4n) is 3.22. The van der Waals surface area contributed by atoms with Crippen molar-refractivity contribution in [3.8, 4) is 0 Å². The molecule has 4 rings (SSSR count). The molecule has 25 heavy (non-hydrogen) atoms. The topological polar surface area (TPSA) is 56.2 Å². The normalized spacial score (nSPS) is 16.9. The molecule has 0 amide bonds. The van der Waals surface area contributed by atoms with Crippen molar-refractivity contribution in [2.24, 2.45) is 0 Å². The Kier molecular flexibility index (Phi) is 3.84. The van der Waals surface area contributed by atoms with E-state index in [9.17, 15) is 4.79 Å². The average Bonchev–Trinajstić information content (AvgIpc) is 3.20. The quantitative estimate of drug-likeness (QED) is 0.712. The third-order valence-electron chi connectivity index (χ3n) is 4.21. The van der Waals surface area contributed by atoms with E-state index in [0.29, 0.717) is 5.57 Å². The lowest BCUT2D eigenvalue weighted by Gasteiger charge is -2.29. The zero-order valence-electron chi connectivity index (χ0n) is 14.3. The average molecular weight is 353 g/mol. The summed E-state index contributed by atoms with van der Waals surface area (Å²) in [5, 5.41) is 5.31. The zero-order chi connectivity index (χ0) is 17.6. The summed E-state index contributed by atoms with van der Waals surface area (Å²) >= 11 is 1.63. The summed E-state index contributed by atoms with van der Waals surface area (Å²) in [5.74, 6) is 0.458. The molecule has 0 saturated carbocycles. The minimum Gasteiger partial charge on any atom is -0.459 e. The van der Waals surface area contributed by atoms with E-state index in [1.807, 2.05) is 56.5 Å². The summed E-state index contributed by atoms with van der Waals surface area (Å²) in [6.45, 7) is 5.63. The molecule has 3 aromatic rings. The number of carbonyl (C=O) groups is 1. The number of hydrogen-bond acceptors (Lipinski definition) is 5. The third-order valence-corrected chi connectivity index (χ3v) is 5.13. The van der Waals surface area contributed by atoms with E-state index in [4.69, 9.17) is 4.74 Å². The molecule has 0 aliphatic carbocycles. The van der Waals surface area contributed by atoms with Gasteiger partial charge < -0.3 is 10.1 Å². The van der Waals surface area contributed by atoms with Gasteiger partial charge in [-0.2, -0.15) is 0 Å². The molecule has 0 spiro atoms. The van der Waals surface area contributed by atoms with Crippen LogP contribution in [0, 0.1) is 0 Å². The lowest BCUT2D eigenvalue weighted by molar-refractivity contribution is -0.143. The summed E-state index contributed by atoms with van der Waals surface area (Å²) in [7, 11) is 0. The second-order valence-electron chi connectivity index (χ2n) is 6.33. The van der Waals surface area contributed by atoms with Gasteiger partial charge in [0, 0.05) is 10.6 Å². The maximum Gasteiger partial charge on any atom is 0.338 e. The number of fused-ring (bicyclic) bond motifs is 3. The lowest BCUT2D eigenvalue weighted by Crippen LogP contribution is -2.29. The van der Waals surface area contributed by atoms with E-state index in [0.717, 1.165) is 27.6 Å². The SMILES string of the molecule is CC1=C(C(=O)OC(C)C)C(c2cccs2)n2c(nc3ccccc32)N1. The molecule has 3 heterocycles. The minimum absolute atomic E-state index is 0.169. The van der Waals surface area contributed by atoms with Gasteiger partial charge in [-0.15, -0.1) is 11.3 Å². The Hall–Kier alpha value is -2.60. The molecule has 128 valence electrons. The van der Waals surface area contributed by atoms with E-state index >= 15 is 0 Å². The van der Waals surface area contributed by atoms with Gasteiger partial charge in [0.2, 0.25) is 5.95 Å². The number of allylic oxidation sites excluding steroid dienone is 1. The van der Waals surface area contributed by atoms with Crippen LogP contribution in [-0.4, -0.2) is 21.6 Å². The highest BCUT2D eigenvalue weighted by Gasteiger charge is 2.35. The van der Waals surface area contributed by atoms with E-state index in [2.05, 4.69) is 20.9 Å². The van der Waals surface area contributed by atoms with Gasteiger partial charge >= 0.3 is 5.97 Å². The van der Waals surface area contributed by atoms with Gasteiger partial charge in [0.15, 0.2) is 0 Å². The molecule has 0 saturated heterocycles. The van der Waals surface area contributed by atoms with E-state index in [-0.39, 0.29) is 18.1 Å². The van der Waals surface area contributed by atoms with Crippen molar-refractivity contribution < 1.29 is 9.53 Å². The van der Waals surface area contributed by atoms with Gasteiger partial charge in [0.05, 0.1) is 22.7 Å². The highest BCUT2D eigenvalue weighted by atomic mass is 32.1. The molecule has 0 bridgehead atoms.